The van der Waals surface area contributed by atoms with Crippen LogP contribution in [0.4, 0.5) is 24.5 Å². The summed E-state index contributed by atoms with van der Waals surface area (Å²) in [6.45, 7) is 1.24. The van der Waals surface area contributed by atoms with Gasteiger partial charge in [0, 0.05) is 23.9 Å². The van der Waals surface area contributed by atoms with E-state index in [4.69, 9.17) is 5.11 Å². The number of non-ortho nitro benzene ring substituents is 1. The molecule has 110 valence electrons. The Morgan fingerprint density at radius 2 is 2.10 bits per heavy atom. The fourth-order valence-corrected chi connectivity index (χ4v) is 1.61. The zero-order chi connectivity index (χ0) is 15.5. The maximum Gasteiger partial charge on any atom is 0.391 e. The lowest BCUT2D eigenvalue weighted by Gasteiger charge is -2.18. The van der Waals surface area contributed by atoms with Crippen molar-refractivity contribution in [2.75, 3.05) is 5.32 Å². The second-order valence-corrected chi connectivity index (χ2v) is 4.16. The summed E-state index contributed by atoms with van der Waals surface area (Å²) in [7, 11) is 0. The standard InChI is InChI=1S/C11H11F3N2O4/c1-6(5-11(12,13)14)15-9-3-2-7(16(19)20)4-8(9)10(17)18/h2-4,6,15H,5H2,1H3,(H,17,18). The molecule has 1 unspecified atom stereocenters. The molecule has 0 aromatic heterocycles. The predicted octanol–water partition coefficient (Wildman–Crippen LogP) is 3.05. The lowest BCUT2D eigenvalue weighted by molar-refractivity contribution is -0.384. The number of carbonyl (C=O) groups is 1. The van der Waals surface area contributed by atoms with Gasteiger partial charge in [0.15, 0.2) is 0 Å². The Bertz CT molecular complexity index is 531. The molecular weight excluding hydrogens is 281 g/mol. The Hall–Kier alpha value is -2.32. The summed E-state index contributed by atoms with van der Waals surface area (Å²) in [5, 5.41) is 21.9. The van der Waals surface area contributed by atoms with Crippen molar-refractivity contribution in [2.45, 2.75) is 25.6 Å². The smallest absolute Gasteiger partial charge is 0.391 e. The highest BCUT2D eigenvalue weighted by Gasteiger charge is 2.30. The first-order valence-electron chi connectivity index (χ1n) is 5.45. The molecule has 0 aliphatic rings. The molecule has 2 N–H and O–H groups in total. The van der Waals surface area contributed by atoms with Crippen LogP contribution < -0.4 is 5.32 Å². The van der Waals surface area contributed by atoms with Crippen LogP contribution in [0.15, 0.2) is 18.2 Å². The molecule has 0 fully saturated rings. The molecule has 1 rings (SSSR count). The second kappa shape index (κ2) is 5.76. The summed E-state index contributed by atoms with van der Waals surface area (Å²) < 4.78 is 36.6. The van der Waals surface area contributed by atoms with Gasteiger partial charge in [-0.25, -0.2) is 4.79 Å². The molecule has 9 heteroatoms. The van der Waals surface area contributed by atoms with E-state index in [2.05, 4.69) is 5.32 Å². The molecule has 0 amide bonds. The first-order valence-corrected chi connectivity index (χ1v) is 5.45. The van der Waals surface area contributed by atoms with Crippen molar-refractivity contribution in [1.29, 1.82) is 0 Å². The number of nitro groups is 1. The van der Waals surface area contributed by atoms with Gasteiger partial charge in [-0.15, -0.1) is 0 Å². The van der Waals surface area contributed by atoms with Crippen LogP contribution in [0.5, 0.6) is 0 Å². The van der Waals surface area contributed by atoms with E-state index < -0.39 is 40.8 Å². The average molecular weight is 292 g/mol. The monoisotopic (exact) mass is 292 g/mol. The van der Waals surface area contributed by atoms with Crippen molar-refractivity contribution in [3.8, 4) is 0 Å². The lowest BCUT2D eigenvalue weighted by atomic mass is 10.1. The number of halogens is 3. The largest absolute Gasteiger partial charge is 0.478 e. The van der Waals surface area contributed by atoms with Crippen molar-refractivity contribution >= 4 is 17.3 Å². The average Bonchev–Trinajstić information content (AvgIpc) is 2.25. The molecule has 0 aliphatic heterocycles. The van der Waals surface area contributed by atoms with Crippen LogP contribution >= 0.6 is 0 Å². The zero-order valence-electron chi connectivity index (χ0n) is 10.3. The minimum Gasteiger partial charge on any atom is -0.478 e. The number of rotatable bonds is 5. The van der Waals surface area contributed by atoms with Gasteiger partial charge in [0.1, 0.15) is 0 Å². The molecule has 0 radical (unpaired) electrons. The number of nitrogens with one attached hydrogen (secondary N) is 1. The molecule has 0 bridgehead atoms. The Labute approximate surface area is 111 Å². The molecule has 0 heterocycles. The Morgan fingerprint density at radius 3 is 2.55 bits per heavy atom. The van der Waals surface area contributed by atoms with Crippen LogP contribution in [-0.4, -0.2) is 28.2 Å². The number of carboxylic acids is 1. The predicted molar refractivity (Wildman–Crippen MR) is 63.8 cm³/mol. The van der Waals surface area contributed by atoms with Crippen molar-refractivity contribution in [2.24, 2.45) is 0 Å². The van der Waals surface area contributed by atoms with Crippen LogP contribution in [0.1, 0.15) is 23.7 Å². The highest BCUT2D eigenvalue weighted by atomic mass is 19.4. The summed E-state index contributed by atoms with van der Waals surface area (Å²) in [6.07, 6.45) is -5.54. The highest BCUT2D eigenvalue weighted by Crippen LogP contribution is 2.26. The van der Waals surface area contributed by atoms with Crippen LogP contribution in [0, 0.1) is 10.1 Å². The van der Waals surface area contributed by atoms with E-state index in [1.54, 1.807) is 0 Å². The minimum absolute atomic E-state index is 0.0974. The van der Waals surface area contributed by atoms with E-state index in [0.29, 0.717) is 0 Å². The quantitative estimate of drug-likeness (QED) is 0.642. The molecular formula is C11H11F3N2O4. The number of hydrogen-bond acceptors (Lipinski definition) is 4. The first kappa shape index (κ1) is 15.7. The van der Waals surface area contributed by atoms with Crippen LogP contribution in [-0.2, 0) is 0 Å². The number of hydrogen-bond donors (Lipinski definition) is 2. The Morgan fingerprint density at radius 1 is 1.50 bits per heavy atom. The molecule has 1 aromatic rings. The summed E-state index contributed by atoms with van der Waals surface area (Å²) >= 11 is 0. The number of carboxylic acid groups (broad SMARTS) is 1. The van der Waals surface area contributed by atoms with Gasteiger partial charge in [0.2, 0.25) is 0 Å². The SMILES string of the molecule is CC(CC(F)(F)F)Nc1ccc([N+](=O)[O-])cc1C(=O)O. The zero-order valence-corrected chi connectivity index (χ0v) is 10.3. The van der Waals surface area contributed by atoms with E-state index in [-0.39, 0.29) is 5.69 Å². The van der Waals surface area contributed by atoms with E-state index in [0.717, 1.165) is 18.2 Å². The van der Waals surface area contributed by atoms with Gasteiger partial charge in [-0.2, -0.15) is 13.2 Å². The van der Waals surface area contributed by atoms with E-state index >= 15 is 0 Å². The summed E-state index contributed by atoms with van der Waals surface area (Å²) in [5.74, 6) is -1.46. The summed E-state index contributed by atoms with van der Waals surface area (Å²) in [5.41, 5.74) is -0.996. The van der Waals surface area contributed by atoms with Gasteiger partial charge in [-0.1, -0.05) is 0 Å². The van der Waals surface area contributed by atoms with Gasteiger partial charge in [0.05, 0.1) is 16.9 Å². The van der Waals surface area contributed by atoms with Gasteiger partial charge >= 0.3 is 12.1 Å². The molecule has 0 saturated heterocycles. The number of nitro benzene ring substituents is 1. The number of nitrogens with zero attached hydrogens (tertiary/aromatic N) is 1. The fraction of sp³-hybridized carbons (Fsp3) is 0.364. The van der Waals surface area contributed by atoms with E-state index in [1.807, 2.05) is 0 Å². The molecule has 1 atom stereocenters. The van der Waals surface area contributed by atoms with Crippen molar-refractivity contribution in [3.63, 3.8) is 0 Å². The maximum absolute atomic E-state index is 12.2. The van der Waals surface area contributed by atoms with Crippen LogP contribution in [0.2, 0.25) is 0 Å². The Kier molecular flexibility index (Phi) is 4.53. The van der Waals surface area contributed by atoms with E-state index in [9.17, 15) is 28.1 Å². The van der Waals surface area contributed by atoms with Gasteiger partial charge in [0.25, 0.3) is 5.69 Å². The molecule has 0 spiro atoms. The third-order valence-electron chi connectivity index (χ3n) is 2.38. The maximum atomic E-state index is 12.2. The van der Waals surface area contributed by atoms with Crippen molar-refractivity contribution < 1.29 is 28.0 Å². The van der Waals surface area contributed by atoms with E-state index in [1.165, 1.54) is 6.92 Å². The third kappa shape index (κ3) is 4.41. The fourth-order valence-electron chi connectivity index (χ4n) is 1.61. The molecule has 0 saturated carbocycles. The normalized spacial score (nSPS) is 12.8. The molecule has 0 aliphatic carbocycles. The number of benzene rings is 1. The lowest BCUT2D eigenvalue weighted by Crippen LogP contribution is -2.24. The minimum atomic E-state index is -4.39. The number of anilines is 1. The number of alkyl halides is 3. The topological polar surface area (TPSA) is 92.5 Å². The first-order chi connectivity index (χ1) is 9.10. The number of aromatic carboxylic acids is 1. The van der Waals surface area contributed by atoms with Crippen LogP contribution in [0.3, 0.4) is 0 Å². The Balaban J connectivity index is 3.00. The van der Waals surface area contributed by atoms with Crippen molar-refractivity contribution in [1.82, 2.24) is 0 Å². The van der Waals surface area contributed by atoms with Crippen molar-refractivity contribution in [3.05, 3.63) is 33.9 Å². The third-order valence-corrected chi connectivity index (χ3v) is 2.38. The van der Waals surface area contributed by atoms with Gasteiger partial charge in [-0.3, -0.25) is 10.1 Å². The highest BCUT2D eigenvalue weighted by molar-refractivity contribution is 5.95. The molecule has 6 nitrogen and oxygen atoms in total. The summed E-state index contributed by atoms with van der Waals surface area (Å²) in [4.78, 5) is 20.7. The van der Waals surface area contributed by atoms with Gasteiger partial charge < -0.3 is 10.4 Å². The second-order valence-electron chi connectivity index (χ2n) is 4.16. The van der Waals surface area contributed by atoms with Crippen LogP contribution in [0.25, 0.3) is 0 Å². The molecule has 20 heavy (non-hydrogen) atoms. The summed E-state index contributed by atoms with van der Waals surface area (Å²) in [6, 6.07) is 1.84. The van der Waals surface area contributed by atoms with Gasteiger partial charge in [-0.05, 0) is 13.0 Å². The molecule has 1 aromatic carbocycles.